The third-order valence-corrected chi connectivity index (χ3v) is 5.28. The minimum atomic E-state index is -2.05. The Balaban J connectivity index is 3.86. The summed E-state index contributed by atoms with van der Waals surface area (Å²) in [5, 5.41) is 0. The zero-order chi connectivity index (χ0) is 13.1. The summed E-state index contributed by atoms with van der Waals surface area (Å²) in [5.74, 6) is -0.288. The van der Waals surface area contributed by atoms with E-state index < -0.39 is 8.56 Å². The fourth-order valence-electron chi connectivity index (χ4n) is 1.55. The Bertz CT molecular complexity index is 235. The number of rotatable bonds is 9. The minimum absolute atomic E-state index is 0.288. The molecule has 0 unspecified atom stereocenters. The van der Waals surface area contributed by atoms with Gasteiger partial charge in [0, 0.05) is 19.3 Å². The molecule has 5 heteroatoms. The Morgan fingerprint density at radius 2 is 1.82 bits per heavy atom. The molecule has 0 aromatic rings. The molecule has 0 aromatic carbocycles. The van der Waals surface area contributed by atoms with Gasteiger partial charge >= 0.3 is 14.5 Å². The molecule has 17 heavy (non-hydrogen) atoms. The molecule has 0 aliphatic rings. The van der Waals surface area contributed by atoms with Crippen LogP contribution in [0, 0.1) is 0 Å². The summed E-state index contributed by atoms with van der Waals surface area (Å²) in [7, 11) is -2.05. The van der Waals surface area contributed by atoms with Crippen LogP contribution < -0.4 is 0 Å². The first-order valence-corrected chi connectivity index (χ1v) is 8.67. The molecule has 0 spiro atoms. The highest BCUT2D eigenvalue weighted by Gasteiger charge is 2.29. The molecule has 0 rings (SSSR count). The van der Waals surface area contributed by atoms with Crippen molar-refractivity contribution in [2.24, 2.45) is 0 Å². The van der Waals surface area contributed by atoms with Crippen molar-refractivity contribution in [1.29, 1.82) is 0 Å². The van der Waals surface area contributed by atoms with E-state index >= 15 is 0 Å². The van der Waals surface area contributed by atoms with Gasteiger partial charge in [0.2, 0.25) is 0 Å². The normalized spacial score (nSPS) is 12.0. The third-order valence-electron chi connectivity index (χ3n) is 2.22. The van der Waals surface area contributed by atoms with E-state index in [1.807, 2.05) is 20.4 Å². The molecule has 0 heterocycles. The summed E-state index contributed by atoms with van der Waals surface area (Å²) < 4.78 is 16.4. The van der Waals surface area contributed by atoms with Crippen molar-refractivity contribution in [1.82, 2.24) is 0 Å². The van der Waals surface area contributed by atoms with E-state index in [2.05, 4.69) is 0 Å². The van der Waals surface area contributed by atoms with Crippen LogP contribution in [0.5, 0.6) is 0 Å². The number of carbonyl (C=O) groups is 1. The minimum Gasteiger partial charge on any atom is -0.463 e. The first-order valence-electron chi connectivity index (χ1n) is 6.15. The van der Waals surface area contributed by atoms with Gasteiger partial charge in [-0.2, -0.15) is 0 Å². The van der Waals surface area contributed by atoms with E-state index in [-0.39, 0.29) is 5.97 Å². The maximum Gasteiger partial charge on any atom is 0.335 e. The van der Waals surface area contributed by atoms with Crippen molar-refractivity contribution in [2.75, 3.05) is 19.8 Å². The fourth-order valence-corrected chi connectivity index (χ4v) is 3.93. The maximum atomic E-state index is 11.1. The van der Waals surface area contributed by atoms with Gasteiger partial charge in [0.15, 0.2) is 0 Å². The number of carbonyl (C=O) groups excluding carboxylic acids is 1. The summed E-state index contributed by atoms with van der Waals surface area (Å²) in [6.07, 6.45) is 3.87. The lowest BCUT2D eigenvalue weighted by Gasteiger charge is -2.25. The van der Waals surface area contributed by atoms with Crippen molar-refractivity contribution in [3.63, 3.8) is 0 Å². The van der Waals surface area contributed by atoms with E-state index in [9.17, 15) is 4.79 Å². The summed E-state index contributed by atoms with van der Waals surface area (Å²) in [5.41, 5.74) is 0. The Morgan fingerprint density at radius 3 is 2.29 bits per heavy atom. The SMILES string of the molecule is CC=CC(=O)OCCC[Si](C)(OCC)OCC. The zero-order valence-electron chi connectivity index (χ0n) is 11.3. The van der Waals surface area contributed by atoms with Crippen LogP contribution in [0.2, 0.25) is 12.6 Å². The number of ether oxygens (including phenoxy) is 1. The Labute approximate surface area is 105 Å². The Hall–Kier alpha value is -0.653. The van der Waals surface area contributed by atoms with Crippen molar-refractivity contribution < 1.29 is 18.4 Å². The van der Waals surface area contributed by atoms with Crippen molar-refractivity contribution in [3.8, 4) is 0 Å². The second kappa shape index (κ2) is 9.38. The second-order valence-corrected chi connectivity index (χ2v) is 7.12. The summed E-state index contributed by atoms with van der Waals surface area (Å²) >= 11 is 0. The second-order valence-electron chi connectivity index (χ2n) is 3.77. The molecular formula is C12H24O4Si. The van der Waals surface area contributed by atoms with Gasteiger partial charge in [0.05, 0.1) is 6.61 Å². The van der Waals surface area contributed by atoms with Crippen LogP contribution in [0.25, 0.3) is 0 Å². The zero-order valence-corrected chi connectivity index (χ0v) is 12.3. The Morgan fingerprint density at radius 1 is 1.24 bits per heavy atom. The molecule has 0 bridgehead atoms. The van der Waals surface area contributed by atoms with E-state index in [0.717, 1.165) is 12.5 Å². The lowest BCUT2D eigenvalue weighted by atomic mass is 10.5. The molecule has 0 aliphatic heterocycles. The molecule has 0 fully saturated rings. The fraction of sp³-hybridized carbons (Fsp3) is 0.750. The van der Waals surface area contributed by atoms with Crippen LogP contribution in [0.1, 0.15) is 27.2 Å². The summed E-state index contributed by atoms with van der Waals surface area (Å²) in [4.78, 5) is 11.1. The molecule has 0 aromatic heterocycles. The number of esters is 1. The van der Waals surface area contributed by atoms with E-state index in [4.69, 9.17) is 13.6 Å². The van der Waals surface area contributed by atoms with Gasteiger partial charge in [-0.1, -0.05) is 6.08 Å². The molecular weight excluding hydrogens is 236 g/mol. The highest BCUT2D eigenvalue weighted by Crippen LogP contribution is 2.15. The molecule has 0 saturated heterocycles. The first-order chi connectivity index (χ1) is 8.08. The monoisotopic (exact) mass is 260 g/mol. The smallest absolute Gasteiger partial charge is 0.335 e. The van der Waals surface area contributed by atoms with Gasteiger partial charge in [-0.15, -0.1) is 0 Å². The quantitative estimate of drug-likeness (QED) is 0.277. The van der Waals surface area contributed by atoms with Gasteiger partial charge in [-0.25, -0.2) is 4.79 Å². The third kappa shape index (κ3) is 8.12. The lowest BCUT2D eigenvalue weighted by Crippen LogP contribution is -2.38. The van der Waals surface area contributed by atoms with Gasteiger partial charge < -0.3 is 13.6 Å². The average molecular weight is 260 g/mol. The van der Waals surface area contributed by atoms with Crippen LogP contribution in [0.3, 0.4) is 0 Å². The topological polar surface area (TPSA) is 44.8 Å². The highest BCUT2D eigenvalue weighted by molar-refractivity contribution is 6.66. The van der Waals surface area contributed by atoms with Crippen LogP contribution in [0.4, 0.5) is 0 Å². The lowest BCUT2D eigenvalue weighted by molar-refractivity contribution is -0.137. The summed E-state index contributed by atoms with van der Waals surface area (Å²) in [6.45, 7) is 9.53. The standard InChI is InChI=1S/C12H24O4Si/c1-5-9-12(13)14-10-8-11-17(4,15-6-2)16-7-3/h5,9H,6-8,10-11H2,1-4H3. The molecule has 100 valence electrons. The largest absolute Gasteiger partial charge is 0.463 e. The molecule has 0 aliphatic carbocycles. The van der Waals surface area contributed by atoms with Crippen LogP contribution in [0.15, 0.2) is 12.2 Å². The van der Waals surface area contributed by atoms with Gasteiger partial charge in [-0.3, -0.25) is 0 Å². The van der Waals surface area contributed by atoms with Crippen molar-refractivity contribution >= 4 is 14.5 Å². The van der Waals surface area contributed by atoms with Crippen LogP contribution in [-0.4, -0.2) is 34.4 Å². The van der Waals surface area contributed by atoms with Crippen LogP contribution >= 0.6 is 0 Å². The Kier molecular flexibility index (Phi) is 9.02. The van der Waals surface area contributed by atoms with Crippen molar-refractivity contribution in [2.45, 2.75) is 39.8 Å². The molecule has 0 N–H and O–H groups in total. The number of hydrogen-bond donors (Lipinski definition) is 0. The van der Waals surface area contributed by atoms with Crippen molar-refractivity contribution in [3.05, 3.63) is 12.2 Å². The van der Waals surface area contributed by atoms with Crippen LogP contribution in [-0.2, 0) is 18.4 Å². The first kappa shape index (κ1) is 16.3. The van der Waals surface area contributed by atoms with E-state index in [1.165, 1.54) is 6.08 Å². The van der Waals surface area contributed by atoms with E-state index in [0.29, 0.717) is 19.8 Å². The molecule has 0 amide bonds. The number of allylic oxidation sites excluding steroid dienone is 1. The highest BCUT2D eigenvalue weighted by atomic mass is 28.4. The predicted octanol–water partition coefficient (Wildman–Crippen LogP) is 2.64. The maximum absolute atomic E-state index is 11.1. The van der Waals surface area contributed by atoms with E-state index in [1.54, 1.807) is 13.0 Å². The molecule has 0 saturated carbocycles. The molecule has 0 atom stereocenters. The van der Waals surface area contributed by atoms with Gasteiger partial charge in [0.1, 0.15) is 0 Å². The molecule has 4 nitrogen and oxygen atoms in total. The number of hydrogen-bond acceptors (Lipinski definition) is 4. The summed E-state index contributed by atoms with van der Waals surface area (Å²) in [6, 6.07) is 0.845. The van der Waals surface area contributed by atoms with Gasteiger partial charge in [0.25, 0.3) is 0 Å². The van der Waals surface area contributed by atoms with Gasteiger partial charge in [-0.05, 0) is 39.8 Å². The average Bonchev–Trinajstić information content (AvgIpc) is 2.26. The predicted molar refractivity (Wildman–Crippen MR) is 70.1 cm³/mol. The molecule has 0 radical (unpaired) electrons.